The van der Waals surface area contributed by atoms with Gasteiger partial charge in [-0.25, -0.2) is 0 Å². The standard InChI is InChI=1S/C3H6O3P.Na/c4-7-5-2-1-3-6-7;/h1-3H2;/q-1;+1. The van der Waals surface area contributed by atoms with Crippen molar-refractivity contribution in [1.82, 2.24) is 0 Å². The molecule has 0 aromatic rings. The van der Waals surface area contributed by atoms with Crippen LogP contribution < -0.4 is 34.5 Å². The molecule has 0 aliphatic carbocycles. The van der Waals surface area contributed by atoms with Crippen LogP contribution in [-0.2, 0) is 9.05 Å². The molecule has 3 nitrogen and oxygen atoms in total. The Morgan fingerprint density at radius 1 is 1.25 bits per heavy atom. The van der Waals surface area contributed by atoms with Gasteiger partial charge in [0.15, 0.2) is 0 Å². The average molecular weight is 144 g/mol. The van der Waals surface area contributed by atoms with Gasteiger partial charge in [-0.05, 0) is 6.42 Å². The molecule has 0 radical (unpaired) electrons. The van der Waals surface area contributed by atoms with Crippen molar-refractivity contribution in [2.24, 2.45) is 0 Å². The van der Waals surface area contributed by atoms with E-state index < -0.39 is 8.60 Å². The maximum Gasteiger partial charge on any atom is 1.00 e. The molecule has 1 aliphatic heterocycles. The van der Waals surface area contributed by atoms with Crippen LogP contribution in [0.25, 0.3) is 0 Å². The van der Waals surface area contributed by atoms with E-state index in [9.17, 15) is 4.89 Å². The van der Waals surface area contributed by atoms with E-state index >= 15 is 0 Å². The van der Waals surface area contributed by atoms with Gasteiger partial charge in [0.1, 0.15) is 0 Å². The van der Waals surface area contributed by atoms with Gasteiger partial charge >= 0.3 is 29.6 Å². The summed E-state index contributed by atoms with van der Waals surface area (Å²) < 4.78 is 9.13. The van der Waals surface area contributed by atoms with Crippen molar-refractivity contribution in [1.29, 1.82) is 0 Å². The van der Waals surface area contributed by atoms with Crippen molar-refractivity contribution in [3.63, 3.8) is 0 Å². The Bertz CT molecular complexity index is 56.5. The Morgan fingerprint density at radius 3 is 2.00 bits per heavy atom. The van der Waals surface area contributed by atoms with Gasteiger partial charge in [-0.15, -0.1) is 0 Å². The van der Waals surface area contributed by atoms with E-state index in [0.717, 1.165) is 6.42 Å². The van der Waals surface area contributed by atoms with Crippen molar-refractivity contribution in [3.05, 3.63) is 0 Å². The number of hydrogen-bond acceptors (Lipinski definition) is 3. The molecule has 0 aromatic heterocycles. The van der Waals surface area contributed by atoms with E-state index in [-0.39, 0.29) is 29.6 Å². The van der Waals surface area contributed by atoms with Crippen LogP contribution in [0.15, 0.2) is 0 Å². The Labute approximate surface area is 71.7 Å². The fourth-order valence-corrected chi connectivity index (χ4v) is 1.01. The molecule has 0 unspecified atom stereocenters. The maximum absolute atomic E-state index is 10.2. The molecule has 0 amide bonds. The summed E-state index contributed by atoms with van der Waals surface area (Å²) in [5.41, 5.74) is 0. The van der Waals surface area contributed by atoms with Crippen LogP contribution in [0.4, 0.5) is 0 Å². The third-order valence-corrected chi connectivity index (χ3v) is 1.47. The summed E-state index contributed by atoms with van der Waals surface area (Å²) in [6.45, 7) is 1.16. The van der Waals surface area contributed by atoms with Gasteiger partial charge in [0.05, 0.1) is 21.8 Å². The van der Waals surface area contributed by atoms with Gasteiger partial charge in [0.2, 0.25) is 0 Å². The first-order valence-electron chi connectivity index (χ1n) is 2.13. The second kappa shape index (κ2) is 5.12. The summed E-state index contributed by atoms with van der Waals surface area (Å²) in [6.07, 6.45) is 0.862. The van der Waals surface area contributed by atoms with Crippen molar-refractivity contribution < 1.29 is 43.5 Å². The van der Waals surface area contributed by atoms with Crippen molar-refractivity contribution in [3.8, 4) is 0 Å². The summed E-state index contributed by atoms with van der Waals surface area (Å²) >= 11 is 0. The minimum atomic E-state index is -1.74. The molecule has 1 fully saturated rings. The second-order valence-corrected chi connectivity index (χ2v) is 2.21. The Hall–Kier alpha value is 1.31. The van der Waals surface area contributed by atoms with Crippen LogP contribution in [-0.4, -0.2) is 13.2 Å². The SMILES string of the molecule is [Na+].[O-]P1OCCCO1. The molecular formula is C3H6NaO3P. The predicted octanol–water partition coefficient (Wildman–Crippen LogP) is -2.99. The first-order valence-corrected chi connectivity index (χ1v) is 3.22. The molecule has 0 N–H and O–H groups in total. The topological polar surface area (TPSA) is 41.5 Å². The van der Waals surface area contributed by atoms with Crippen LogP contribution >= 0.6 is 8.60 Å². The van der Waals surface area contributed by atoms with E-state index in [1.165, 1.54) is 0 Å². The number of hydrogen-bond donors (Lipinski definition) is 0. The van der Waals surface area contributed by atoms with Gasteiger partial charge in [-0.3, -0.25) is 0 Å². The van der Waals surface area contributed by atoms with Crippen molar-refractivity contribution >= 4 is 8.60 Å². The minimum Gasteiger partial charge on any atom is -0.786 e. The van der Waals surface area contributed by atoms with Gasteiger partial charge in [0, 0.05) is 0 Å². The minimum absolute atomic E-state index is 0. The zero-order chi connectivity index (χ0) is 5.11. The molecular weight excluding hydrogens is 138 g/mol. The van der Waals surface area contributed by atoms with Crippen molar-refractivity contribution in [2.45, 2.75) is 6.42 Å². The third kappa shape index (κ3) is 3.36. The van der Waals surface area contributed by atoms with E-state index in [2.05, 4.69) is 9.05 Å². The van der Waals surface area contributed by atoms with Gasteiger partial charge in [0.25, 0.3) is 0 Å². The molecule has 0 atom stereocenters. The van der Waals surface area contributed by atoms with E-state index in [0.29, 0.717) is 13.2 Å². The van der Waals surface area contributed by atoms with Gasteiger partial charge < -0.3 is 13.9 Å². The molecule has 5 heteroatoms. The first-order chi connectivity index (χ1) is 3.39. The van der Waals surface area contributed by atoms with Gasteiger partial charge in [-0.2, -0.15) is 0 Å². The summed E-state index contributed by atoms with van der Waals surface area (Å²) in [7, 11) is -1.74. The van der Waals surface area contributed by atoms with Crippen LogP contribution in [0.5, 0.6) is 0 Å². The predicted molar refractivity (Wildman–Crippen MR) is 23.4 cm³/mol. The quantitative estimate of drug-likeness (QED) is 0.269. The van der Waals surface area contributed by atoms with E-state index in [1.54, 1.807) is 0 Å². The molecule has 1 rings (SSSR count). The average Bonchev–Trinajstić information content (AvgIpc) is 1.69. The normalized spacial score (nSPS) is 22.1. The molecule has 0 spiro atoms. The van der Waals surface area contributed by atoms with Gasteiger partial charge in [-0.1, -0.05) is 0 Å². The van der Waals surface area contributed by atoms with Crippen LogP contribution in [0.2, 0.25) is 0 Å². The summed E-state index contributed by atoms with van der Waals surface area (Å²) in [6, 6.07) is 0. The summed E-state index contributed by atoms with van der Waals surface area (Å²) in [4.78, 5) is 10.2. The zero-order valence-electron chi connectivity index (χ0n) is 4.79. The molecule has 8 heavy (non-hydrogen) atoms. The zero-order valence-corrected chi connectivity index (χ0v) is 7.69. The fraction of sp³-hybridized carbons (Fsp3) is 1.00. The molecule has 0 aromatic carbocycles. The summed E-state index contributed by atoms with van der Waals surface area (Å²) in [5, 5.41) is 0. The first kappa shape index (κ1) is 9.31. The number of rotatable bonds is 0. The molecule has 42 valence electrons. The molecule has 1 saturated heterocycles. The molecule has 0 bridgehead atoms. The van der Waals surface area contributed by atoms with Crippen molar-refractivity contribution in [2.75, 3.05) is 13.2 Å². The molecule has 1 heterocycles. The molecule has 0 saturated carbocycles. The smallest absolute Gasteiger partial charge is 0.786 e. The largest absolute Gasteiger partial charge is 1.00 e. The Kier molecular flexibility index (Phi) is 5.96. The fourth-order valence-electron chi connectivity index (χ4n) is 0.374. The summed E-state index contributed by atoms with van der Waals surface area (Å²) in [5.74, 6) is 0. The Balaban J connectivity index is 0.000000490. The van der Waals surface area contributed by atoms with Crippen LogP contribution in [0.3, 0.4) is 0 Å². The van der Waals surface area contributed by atoms with E-state index in [1.807, 2.05) is 0 Å². The monoisotopic (exact) mass is 144 g/mol. The maximum atomic E-state index is 10.2. The Morgan fingerprint density at radius 2 is 1.75 bits per heavy atom. The second-order valence-electron chi connectivity index (χ2n) is 1.24. The van der Waals surface area contributed by atoms with Crippen LogP contribution in [0, 0.1) is 0 Å². The third-order valence-electron chi connectivity index (χ3n) is 0.682. The molecule has 1 aliphatic rings. The van der Waals surface area contributed by atoms with E-state index in [4.69, 9.17) is 0 Å². The van der Waals surface area contributed by atoms with Crippen LogP contribution in [0.1, 0.15) is 6.42 Å².